The Labute approximate surface area is 127 Å². The molecule has 1 aromatic rings. The average Bonchev–Trinajstić information content (AvgIpc) is 2.93. The number of methoxy groups -OCH3 is 1. The van der Waals surface area contributed by atoms with Crippen molar-refractivity contribution in [3.8, 4) is 5.75 Å². The molecule has 0 radical (unpaired) electrons. The molecule has 0 heterocycles. The van der Waals surface area contributed by atoms with E-state index in [1.165, 1.54) is 11.1 Å². The molecule has 0 fully saturated rings. The molecule has 1 amide bonds. The van der Waals surface area contributed by atoms with Crippen LogP contribution >= 0.6 is 0 Å². The topological polar surface area (TPSA) is 64.4 Å². The highest BCUT2D eigenvalue weighted by Crippen LogP contribution is 2.37. The Morgan fingerprint density at radius 1 is 1.43 bits per heavy atom. The van der Waals surface area contributed by atoms with Gasteiger partial charge in [-0.15, -0.1) is 0 Å². The number of hydrogen-bond donors (Lipinski definition) is 2. The van der Waals surface area contributed by atoms with E-state index in [1.807, 2.05) is 26.0 Å². The minimum atomic E-state index is -0.443. The zero-order chi connectivity index (χ0) is 15.5. The number of benzene rings is 1. The first kappa shape index (κ1) is 15.8. The number of carbonyl (C=O) groups excluding carboxylic acids is 1. The first-order chi connectivity index (χ1) is 10.1. The van der Waals surface area contributed by atoms with Gasteiger partial charge in [-0.1, -0.05) is 26.0 Å². The Hall–Kier alpha value is -1.55. The molecule has 21 heavy (non-hydrogen) atoms. The fourth-order valence-corrected chi connectivity index (χ4v) is 3.23. The third-order valence-corrected chi connectivity index (χ3v) is 4.98. The standard InChI is InChI=1S/C17H26N2O2/c1-4-17(5-2,11-18)16(20)19-14-10-9-13-12(14)7-6-8-15(13)21-3/h6-8,14H,4-5,9-11,18H2,1-3H3,(H,19,20). The van der Waals surface area contributed by atoms with Gasteiger partial charge in [-0.05, 0) is 42.9 Å². The highest BCUT2D eigenvalue weighted by Gasteiger charge is 2.36. The maximum absolute atomic E-state index is 12.7. The summed E-state index contributed by atoms with van der Waals surface area (Å²) in [5.41, 5.74) is 7.82. The number of nitrogens with one attached hydrogen (secondary N) is 1. The van der Waals surface area contributed by atoms with Gasteiger partial charge in [0.2, 0.25) is 5.91 Å². The second-order valence-electron chi connectivity index (χ2n) is 5.78. The summed E-state index contributed by atoms with van der Waals surface area (Å²) in [6.07, 6.45) is 3.40. The lowest BCUT2D eigenvalue weighted by Crippen LogP contribution is -2.46. The van der Waals surface area contributed by atoms with E-state index in [1.54, 1.807) is 7.11 Å². The van der Waals surface area contributed by atoms with Crippen molar-refractivity contribution in [2.45, 2.75) is 45.6 Å². The van der Waals surface area contributed by atoms with Crippen LogP contribution in [0.4, 0.5) is 0 Å². The molecule has 4 nitrogen and oxygen atoms in total. The minimum absolute atomic E-state index is 0.0756. The normalized spacial score (nSPS) is 17.4. The molecule has 1 aliphatic rings. The first-order valence-electron chi connectivity index (χ1n) is 7.78. The van der Waals surface area contributed by atoms with Crippen molar-refractivity contribution in [3.63, 3.8) is 0 Å². The maximum atomic E-state index is 12.7. The largest absolute Gasteiger partial charge is 0.496 e. The van der Waals surface area contributed by atoms with Crippen molar-refractivity contribution in [1.29, 1.82) is 0 Å². The van der Waals surface area contributed by atoms with E-state index in [4.69, 9.17) is 10.5 Å². The summed E-state index contributed by atoms with van der Waals surface area (Å²) < 4.78 is 5.41. The van der Waals surface area contributed by atoms with E-state index in [0.717, 1.165) is 31.4 Å². The summed E-state index contributed by atoms with van der Waals surface area (Å²) in [4.78, 5) is 12.7. The molecule has 0 aliphatic heterocycles. The molecule has 4 heteroatoms. The van der Waals surface area contributed by atoms with Crippen molar-refractivity contribution in [1.82, 2.24) is 5.32 Å². The van der Waals surface area contributed by atoms with E-state index >= 15 is 0 Å². The Kier molecular flexibility index (Phi) is 4.88. The van der Waals surface area contributed by atoms with Crippen molar-refractivity contribution in [3.05, 3.63) is 29.3 Å². The van der Waals surface area contributed by atoms with Gasteiger partial charge in [-0.3, -0.25) is 4.79 Å². The Morgan fingerprint density at radius 2 is 2.14 bits per heavy atom. The molecule has 1 aromatic carbocycles. The molecular weight excluding hydrogens is 264 g/mol. The second-order valence-corrected chi connectivity index (χ2v) is 5.78. The average molecular weight is 290 g/mol. The summed E-state index contributed by atoms with van der Waals surface area (Å²) in [5.74, 6) is 0.996. The van der Waals surface area contributed by atoms with Crippen molar-refractivity contribution in [2.75, 3.05) is 13.7 Å². The molecule has 3 N–H and O–H groups in total. The lowest BCUT2D eigenvalue weighted by atomic mass is 9.81. The fourth-order valence-electron chi connectivity index (χ4n) is 3.23. The van der Waals surface area contributed by atoms with Gasteiger partial charge in [-0.2, -0.15) is 0 Å². The summed E-state index contributed by atoms with van der Waals surface area (Å²) in [5, 5.41) is 3.21. The number of carbonyl (C=O) groups is 1. The molecule has 1 aliphatic carbocycles. The van der Waals surface area contributed by atoms with Crippen molar-refractivity contribution >= 4 is 5.91 Å². The van der Waals surface area contributed by atoms with Gasteiger partial charge in [0.25, 0.3) is 0 Å². The number of nitrogens with two attached hydrogens (primary N) is 1. The lowest BCUT2D eigenvalue weighted by molar-refractivity contribution is -0.131. The second kappa shape index (κ2) is 6.48. The Morgan fingerprint density at radius 3 is 2.71 bits per heavy atom. The van der Waals surface area contributed by atoms with Gasteiger partial charge in [0.15, 0.2) is 0 Å². The highest BCUT2D eigenvalue weighted by atomic mass is 16.5. The summed E-state index contributed by atoms with van der Waals surface area (Å²) in [6.45, 7) is 4.45. The van der Waals surface area contributed by atoms with E-state index < -0.39 is 5.41 Å². The Balaban J connectivity index is 2.19. The van der Waals surface area contributed by atoms with Gasteiger partial charge in [0.1, 0.15) is 5.75 Å². The summed E-state index contributed by atoms with van der Waals surface area (Å²) in [6, 6.07) is 6.12. The van der Waals surface area contributed by atoms with Crippen molar-refractivity contribution < 1.29 is 9.53 Å². The first-order valence-corrected chi connectivity index (χ1v) is 7.78. The fraction of sp³-hybridized carbons (Fsp3) is 0.588. The number of fused-ring (bicyclic) bond motifs is 1. The SMILES string of the molecule is CCC(CC)(CN)C(=O)NC1CCc2c(OC)cccc21. The van der Waals surface area contributed by atoms with Crippen LogP contribution in [0.3, 0.4) is 0 Å². The molecule has 0 aromatic heterocycles. The van der Waals surface area contributed by atoms with Gasteiger partial charge >= 0.3 is 0 Å². The van der Waals surface area contributed by atoms with Gasteiger partial charge in [-0.25, -0.2) is 0 Å². The molecule has 116 valence electrons. The smallest absolute Gasteiger partial charge is 0.227 e. The van der Waals surface area contributed by atoms with Crippen LogP contribution in [0.25, 0.3) is 0 Å². The zero-order valence-corrected chi connectivity index (χ0v) is 13.2. The van der Waals surface area contributed by atoms with E-state index in [2.05, 4.69) is 11.4 Å². The molecular formula is C17H26N2O2. The summed E-state index contributed by atoms with van der Waals surface area (Å²) >= 11 is 0. The molecule has 0 spiro atoms. The number of amides is 1. The van der Waals surface area contributed by atoms with E-state index in [9.17, 15) is 4.79 Å². The Bertz CT molecular complexity index is 501. The van der Waals surface area contributed by atoms with Crippen LogP contribution in [-0.2, 0) is 11.2 Å². The minimum Gasteiger partial charge on any atom is -0.496 e. The van der Waals surface area contributed by atoms with Crippen LogP contribution in [0.15, 0.2) is 18.2 Å². The quantitative estimate of drug-likeness (QED) is 0.846. The summed E-state index contributed by atoms with van der Waals surface area (Å²) in [7, 11) is 1.69. The van der Waals surface area contributed by atoms with Crippen LogP contribution in [0.5, 0.6) is 5.75 Å². The van der Waals surface area contributed by atoms with Crippen LogP contribution < -0.4 is 15.8 Å². The highest BCUT2D eigenvalue weighted by molar-refractivity contribution is 5.83. The third-order valence-electron chi connectivity index (χ3n) is 4.98. The number of rotatable bonds is 6. The molecule has 2 rings (SSSR count). The van der Waals surface area contributed by atoms with Gasteiger partial charge in [0.05, 0.1) is 18.6 Å². The molecule has 0 saturated carbocycles. The lowest BCUT2D eigenvalue weighted by Gasteiger charge is -2.30. The molecule has 0 saturated heterocycles. The van der Waals surface area contributed by atoms with E-state index in [-0.39, 0.29) is 11.9 Å². The van der Waals surface area contributed by atoms with Crippen LogP contribution in [0, 0.1) is 5.41 Å². The van der Waals surface area contributed by atoms with Crippen LogP contribution in [0.1, 0.15) is 50.3 Å². The molecule has 0 bridgehead atoms. The monoisotopic (exact) mass is 290 g/mol. The maximum Gasteiger partial charge on any atom is 0.227 e. The zero-order valence-electron chi connectivity index (χ0n) is 13.2. The van der Waals surface area contributed by atoms with Crippen LogP contribution in [0.2, 0.25) is 0 Å². The van der Waals surface area contributed by atoms with Crippen molar-refractivity contribution in [2.24, 2.45) is 11.1 Å². The van der Waals surface area contributed by atoms with Crippen LogP contribution in [-0.4, -0.2) is 19.6 Å². The number of ether oxygens (including phenoxy) is 1. The molecule has 1 atom stereocenters. The third kappa shape index (κ3) is 2.77. The molecule has 1 unspecified atom stereocenters. The van der Waals surface area contributed by atoms with Gasteiger partial charge < -0.3 is 15.8 Å². The predicted octanol–water partition coefficient (Wildman–Crippen LogP) is 2.56. The van der Waals surface area contributed by atoms with E-state index in [0.29, 0.717) is 6.54 Å². The predicted molar refractivity (Wildman–Crippen MR) is 84.3 cm³/mol. The van der Waals surface area contributed by atoms with Gasteiger partial charge in [0, 0.05) is 6.54 Å². The number of hydrogen-bond acceptors (Lipinski definition) is 3.